The van der Waals surface area contributed by atoms with E-state index in [1.807, 2.05) is 58.4 Å². The van der Waals surface area contributed by atoms with Crippen molar-refractivity contribution in [3.8, 4) is 11.5 Å². The molecule has 1 saturated heterocycles. The smallest absolute Gasteiger partial charge is 0.256 e. The standard InChI is InChI=1S/C32H33N5O5S/c1-36-19-22(14-24(36)15-31(39)34-21-7-8-29-20(13-21)9-12-43-29)35-30(38)6-4-11-42-28-17-26-25(16-27(28)41-2)32(40)37-10-3-5-23(37)18-33-26/h7-9,12-14,16-19,23H,3-6,10-11,15H2,1-2H3,(H,34,39)(H,35,38)/t23-/m0/s1. The molecule has 2 aromatic heterocycles. The highest BCUT2D eigenvalue weighted by molar-refractivity contribution is 7.17. The predicted octanol–water partition coefficient (Wildman–Crippen LogP) is 5.55. The van der Waals surface area contributed by atoms with Crippen molar-refractivity contribution >= 4 is 62.4 Å². The summed E-state index contributed by atoms with van der Waals surface area (Å²) in [6.07, 6.45) is 6.42. The lowest BCUT2D eigenvalue weighted by Gasteiger charge is -2.20. The summed E-state index contributed by atoms with van der Waals surface area (Å²) in [5.41, 5.74) is 3.23. The van der Waals surface area contributed by atoms with Crippen molar-refractivity contribution < 1.29 is 23.9 Å². The Hall–Kier alpha value is -4.64. The van der Waals surface area contributed by atoms with Crippen LogP contribution in [0.4, 0.5) is 17.1 Å². The molecule has 4 heterocycles. The maximum atomic E-state index is 13.0. The van der Waals surface area contributed by atoms with Gasteiger partial charge < -0.3 is 29.6 Å². The predicted molar refractivity (Wildman–Crippen MR) is 168 cm³/mol. The number of nitrogens with zero attached hydrogens (tertiary/aromatic N) is 3. The summed E-state index contributed by atoms with van der Waals surface area (Å²) in [5.74, 6) is 0.609. The molecule has 0 saturated carbocycles. The zero-order valence-corrected chi connectivity index (χ0v) is 24.9. The molecule has 11 heteroatoms. The number of nitrogens with one attached hydrogen (secondary N) is 2. The lowest BCUT2D eigenvalue weighted by Crippen LogP contribution is -2.35. The van der Waals surface area contributed by atoms with Crippen molar-refractivity contribution in [2.75, 3.05) is 30.9 Å². The molecule has 0 bridgehead atoms. The van der Waals surface area contributed by atoms with Crippen molar-refractivity contribution in [2.45, 2.75) is 38.1 Å². The SMILES string of the molecule is COc1cc2c(cc1OCCCC(=O)Nc1cc(CC(=O)Nc3ccc4sccc4c3)n(C)c1)N=C[C@@H]1CCCN1C2=O. The summed E-state index contributed by atoms with van der Waals surface area (Å²) in [4.78, 5) is 44.8. The zero-order chi connectivity index (χ0) is 29.9. The summed E-state index contributed by atoms with van der Waals surface area (Å²) in [6, 6.07) is 13.1. The maximum Gasteiger partial charge on any atom is 0.256 e. The van der Waals surface area contributed by atoms with Gasteiger partial charge >= 0.3 is 0 Å². The molecule has 2 N–H and O–H groups in total. The molecule has 6 rings (SSSR count). The second kappa shape index (κ2) is 12.3. The Balaban J connectivity index is 0.994. The first-order chi connectivity index (χ1) is 20.9. The van der Waals surface area contributed by atoms with Gasteiger partial charge in [0.05, 0.1) is 43.1 Å². The minimum Gasteiger partial charge on any atom is -0.493 e. The molecule has 43 heavy (non-hydrogen) atoms. The summed E-state index contributed by atoms with van der Waals surface area (Å²) >= 11 is 1.66. The van der Waals surface area contributed by atoms with Crippen LogP contribution in [0.1, 0.15) is 41.7 Å². The van der Waals surface area contributed by atoms with Crippen LogP contribution in [-0.4, -0.2) is 59.7 Å². The number of hydrogen-bond acceptors (Lipinski definition) is 7. The number of carbonyl (C=O) groups excluding carboxylic acids is 3. The van der Waals surface area contributed by atoms with Gasteiger partial charge in [-0.3, -0.25) is 19.4 Å². The van der Waals surface area contributed by atoms with E-state index in [-0.39, 0.29) is 43.2 Å². The fraction of sp³-hybridized carbons (Fsp3) is 0.312. The first-order valence-corrected chi connectivity index (χ1v) is 15.2. The van der Waals surface area contributed by atoms with E-state index in [1.54, 1.807) is 29.7 Å². The molecule has 2 aliphatic rings. The number of aliphatic imine (C=N–C) groups is 1. The molecule has 2 aromatic carbocycles. The second-order valence-corrected chi connectivity index (χ2v) is 11.7. The van der Waals surface area contributed by atoms with Gasteiger partial charge in [0.2, 0.25) is 11.8 Å². The molecular weight excluding hydrogens is 566 g/mol. The number of methoxy groups -OCH3 is 1. The molecule has 3 amide bonds. The Labute approximate surface area is 253 Å². The normalized spacial score (nSPS) is 15.6. The van der Waals surface area contributed by atoms with Crippen molar-refractivity contribution in [3.05, 3.63) is 65.3 Å². The number of anilines is 2. The highest BCUT2D eigenvalue weighted by atomic mass is 32.1. The lowest BCUT2D eigenvalue weighted by atomic mass is 10.1. The van der Waals surface area contributed by atoms with Crippen molar-refractivity contribution in [1.82, 2.24) is 9.47 Å². The maximum absolute atomic E-state index is 13.0. The molecule has 222 valence electrons. The van der Waals surface area contributed by atoms with Crippen molar-refractivity contribution in [3.63, 3.8) is 0 Å². The lowest BCUT2D eigenvalue weighted by molar-refractivity contribution is -0.116. The van der Waals surface area contributed by atoms with E-state index in [9.17, 15) is 14.4 Å². The number of rotatable bonds is 10. The number of fused-ring (bicyclic) bond motifs is 3. The molecule has 0 spiro atoms. The van der Waals surface area contributed by atoms with Gasteiger partial charge in [-0.25, -0.2) is 0 Å². The van der Waals surface area contributed by atoms with E-state index in [2.05, 4.69) is 15.6 Å². The molecule has 1 atom stereocenters. The van der Waals surface area contributed by atoms with Gasteiger partial charge in [0.15, 0.2) is 11.5 Å². The van der Waals surface area contributed by atoms with Crippen LogP contribution in [0.2, 0.25) is 0 Å². The minimum atomic E-state index is -0.154. The molecule has 2 aliphatic heterocycles. The second-order valence-electron chi connectivity index (χ2n) is 10.7. The third-order valence-electron chi connectivity index (χ3n) is 7.73. The topological polar surface area (TPSA) is 114 Å². The minimum absolute atomic E-state index is 0.0265. The van der Waals surface area contributed by atoms with Gasteiger partial charge in [-0.15, -0.1) is 11.3 Å². The van der Waals surface area contributed by atoms with Gasteiger partial charge in [-0.2, -0.15) is 0 Å². The van der Waals surface area contributed by atoms with Gasteiger partial charge in [-0.05, 0) is 66.4 Å². The van der Waals surface area contributed by atoms with Crippen LogP contribution >= 0.6 is 11.3 Å². The largest absolute Gasteiger partial charge is 0.493 e. The van der Waals surface area contributed by atoms with Crippen molar-refractivity contribution in [2.24, 2.45) is 12.0 Å². The number of aromatic nitrogens is 1. The molecule has 4 aromatic rings. The van der Waals surface area contributed by atoms with E-state index in [0.29, 0.717) is 34.9 Å². The van der Waals surface area contributed by atoms with Gasteiger partial charge in [0.25, 0.3) is 5.91 Å². The first-order valence-electron chi connectivity index (χ1n) is 14.3. The molecule has 0 unspecified atom stereocenters. The van der Waals surface area contributed by atoms with Crippen LogP contribution in [0.3, 0.4) is 0 Å². The summed E-state index contributed by atoms with van der Waals surface area (Å²) in [7, 11) is 3.38. The number of benzene rings is 2. The zero-order valence-electron chi connectivity index (χ0n) is 24.1. The summed E-state index contributed by atoms with van der Waals surface area (Å²) in [5, 5.41) is 8.98. The molecule has 0 radical (unpaired) electrons. The monoisotopic (exact) mass is 599 g/mol. The number of hydrogen-bond donors (Lipinski definition) is 2. The van der Waals surface area contributed by atoms with Crippen LogP contribution in [-0.2, 0) is 23.1 Å². The first kappa shape index (κ1) is 28.5. The third-order valence-corrected chi connectivity index (χ3v) is 8.63. The average Bonchev–Trinajstić information content (AvgIpc) is 3.72. The number of carbonyl (C=O) groups is 3. The van der Waals surface area contributed by atoms with E-state index < -0.39 is 0 Å². The Morgan fingerprint density at radius 2 is 1.93 bits per heavy atom. The fourth-order valence-electron chi connectivity index (χ4n) is 5.53. The van der Waals surface area contributed by atoms with Crippen LogP contribution in [0.15, 0.2) is 59.0 Å². The number of amides is 3. The fourth-order valence-corrected chi connectivity index (χ4v) is 6.30. The molecule has 0 aliphatic carbocycles. The number of thiophene rings is 1. The molecule has 1 fully saturated rings. The third kappa shape index (κ3) is 6.26. The van der Waals surface area contributed by atoms with Gasteiger partial charge in [0, 0.05) is 54.6 Å². The number of ether oxygens (including phenoxy) is 2. The highest BCUT2D eigenvalue weighted by Gasteiger charge is 2.32. The Kier molecular flexibility index (Phi) is 8.15. The van der Waals surface area contributed by atoms with Crippen LogP contribution in [0.5, 0.6) is 11.5 Å². The van der Waals surface area contributed by atoms with E-state index >= 15 is 0 Å². The molecule has 10 nitrogen and oxygen atoms in total. The average molecular weight is 600 g/mol. The van der Waals surface area contributed by atoms with Gasteiger partial charge in [-0.1, -0.05) is 0 Å². The quantitative estimate of drug-likeness (QED) is 0.232. The van der Waals surface area contributed by atoms with Crippen LogP contribution in [0, 0.1) is 0 Å². The number of aryl methyl sites for hydroxylation is 1. The molecular formula is C32H33N5O5S. The van der Waals surface area contributed by atoms with Gasteiger partial charge in [0.1, 0.15) is 0 Å². The van der Waals surface area contributed by atoms with Crippen molar-refractivity contribution in [1.29, 1.82) is 0 Å². The van der Waals surface area contributed by atoms with Crippen LogP contribution in [0.25, 0.3) is 10.1 Å². The Bertz CT molecular complexity index is 1720. The van der Waals surface area contributed by atoms with Crippen LogP contribution < -0.4 is 20.1 Å². The Morgan fingerprint density at radius 1 is 1.07 bits per heavy atom. The van der Waals surface area contributed by atoms with E-state index in [1.165, 1.54) is 11.8 Å². The summed E-state index contributed by atoms with van der Waals surface area (Å²) < 4.78 is 14.5. The highest BCUT2D eigenvalue weighted by Crippen LogP contribution is 2.38. The Morgan fingerprint density at radius 3 is 2.79 bits per heavy atom. The van der Waals surface area contributed by atoms with E-state index in [0.717, 1.165) is 36.2 Å². The summed E-state index contributed by atoms with van der Waals surface area (Å²) in [6.45, 7) is 1.01. The van der Waals surface area contributed by atoms with E-state index in [4.69, 9.17) is 9.47 Å².